The monoisotopic (exact) mass is 226 g/mol. The Morgan fingerprint density at radius 2 is 2.20 bits per heavy atom. The zero-order valence-corrected chi connectivity index (χ0v) is 10.4. The molecule has 0 saturated carbocycles. The molecule has 2 nitrogen and oxygen atoms in total. The van der Waals surface area contributed by atoms with E-state index in [1.54, 1.807) is 0 Å². The Bertz CT molecular complexity index is 310. The Hall–Kier alpha value is -0.600. The van der Waals surface area contributed by atoms with E-state index in [2.05, 4.69) is 37.1 Å². The highest BCUT2D eigenvalue weighted by Gasteiger charge is 2.15. The quantitative estimate of drug-likeness (QED) is 0.781. The van der Waals surface area contributed by atoms with E-state index in [1.165, 1.54) is 5.56 Å². The Labute approximate surface area is 97.1 Å². The van der Waals surface area contributed by atoms with Crippen LogP contribution in [-0.2, 0) is 6.54 Å². The van der Waals surface area contributed by atoms with Crippen molar-refractivity contribution in [3.8, 4) is 0 Å². The number of hydrogen-bond donors (Lipinski definition) is 1. The number of alkyl halides is 1. The van der Waals surface area contributed by atoms with E-state index in [0.717, 1.165) is 18.8 Å². The molecule has 0 radical (unpaired) electrons. The second kappa shape index (κ2) is 5.47. The van der Waals surface area contributed by atoms with Gasteiger partial charge in [-0.3, -0.25) is 4.98 Å². The lowest BCUT2D eigenvalue weighted by atomic mass is 9.96. The molecule has 84 valence electrons. The van der Waals surface area contributed by atoms with E-state index < -0.39 is 0 Å². The van der Waals surface area contributed by atoms with Crippen molar-refractivity contribution < 1.29 is 0 Å². The number of pyridine rings is 1. The fourth-order valence-corrected chi connectivity index (χ4v) is 1.36. The van der Waals surface area contributed by atoms with Crippen LogP contribution in [0.5, 0.6) is 0 Å². The Morgan fingerprint density at radius 3 is 2.80 bits per heavy atom. The topological polar surface area (TPSA) is 24.9 Å². The van der Waals surface area contributed by atoms with Crippen molar-refractivity contribution in [2.24, 2.45) is 5.41 Å². The van der Waals surface area contributed by atoms with Gasteiger partial charge in [0.05, 0.1) is 5.69 Å². The van der Waals surface area contributed by atoms with Crippen molar-refractivity contribution in [2.45, 2.75) is 27.3 Å². The van der Waals surface area contributed by atoms with Crippen LogP contribution in [0.3, 0.4) is 0 Å². The van der Waals surface area contributed by atoms with Crippen LogP contribution in [0.15, 0.2) is 18.3 Å². The summed E-state index contributed by atoms with van der Waals surface area (Å²) >= 11 is 5.85. The number of rotatable bonds is 5. The van der Waals surface area contributed by atoms with E-state index in [0.29, 0.717) is 5.88 Å². The molecule has 1 N–H and O–H groups in total. The maximum atomic E-state index is 5.85. The van der Waals surface area contributed by atoms with Gasteiger partial charge in [0.1, 0.15) is 0 Å². The number of nitrogens with one attached hydrogen (secondary N) is 1. The first-order chi connectivity index (χ1) is 7.05. The SMILES string of the molecule is Cc1cccnc1CNCC(C)(C)CCl. The van der Waals surface area contributed by atoms with Gasteiger partial charge in [0.15, 0.2) is 0 Å². The van der Waals surface area contributed by atoms with Crippen molar-refractivity contribution >= 4 is 11.6 Å². The average molecular weight is 227 g/mol. The highest BCUT2D eigenvalue weighted by atomic mass is 35.5. The number of halogens is 1. The molecule has 0 bridgehead atoms. The smallest absolute Gasteiger partial charge is 0.0570 e. The van der Waals surface area contributed by atoms with Crippen LogP contribution in [0.1, 0.15) is 25.1 Å². The summed E-state index contributed by atoms with van der Waals surface area (Å²) < 4.78 is 0. The molecule has 0 atom stereocenters. The minimum Gasteiger partial charge on any atom is -0.311 e. The summed E-state index contributed by atoms with van der Waals surface area (Å²) in [6.07, 6.45) is 1.83. The maximum Gasteiger partial charge on any atom is 0.0570 e. The molecule has 0 aliphatic carbocycles. The van der Waals surface area contributed by atoms with Crippen LogP contribution >= 0.6 is 11.6 Å². The molecule has 1 aromatic heterocycles. The molecule has 0 aromatic carbocycles. The largest absolute Gasteiger partial charge is 0.311 e. The minimum atomic E-state index is 0.143. The molecule has 0 saturated heterocycles. The van der Waals surface area contributed by atoms with E-state index in [-0.39, 0.29) is 5.41 Å². The van der Waals surface area contributed by atoms with Gasteiger partial charge >= 0.3 is 0 Å². The van der Waals surface area contributed by atoms with Crippen LogP contribution in [0.4, 0.5) is 0 Å². The molecule has 15 heavy (non-hydrogen) atoms. The van der Waals surface area contributed by atoms with Crippen LogP contribution in [0, 0.1) is 12.3 Å². The molecule has 0 unspecified atom stereocenters. The normalized spacial score (nSPS) is 11.7. The molecular weight excluding hydrogens is 208 g/mol. The zero-order chi connectivity index (χ0) is 11.3. The predicted octanol–water partition coefficient (Wildman–Crippen LogP) is 2.74. The van der Waals surface area contributed by atoms with E-state index in [9.17, 15) is 0 Å². The number of hydrogen-bond acceptors (Lipinski definition) is 2. The summed E-state index contributed by atoms with van der Waals surface area (Å²) in [5.41, 5.74) is 2.49. The summed E-state index contributed by atoms with van der Waals surface area (Å²) in [6.45, 7) is 8.10. The highest BCUT2D eigenvalue weighted by Crippen LogP contribution is 2.15. The second-order valence-corrected chi connectivity index (χ2v) is 4.94. The van der Waals surface area contributed by atoms with Crippen molar-refractivity contribution in [3.05, 3.63) is 29.6 Å². The Kier molecular flexibility index (Phi) is 4.55. The molecule has 0 amide bonds. The lowest BCUT2D eigenvalue weighted by molar-refractivity contribution is 0.384. The zero-order valence-electron chi connectivity index (χ0n) is 9.68. The standard InChI is InChI=1S/C12H19ClN2/c1-10-5-4-6-15-11(10)7-14-9-12(2,3)8-13/h4-6,14H,7-9H2,1-3H3. The van der Waals surface area contributed by atoms with E-state index >= 15 is 0 Å². The summed E-state index contributed by atoms with van der Waals surface area (Å²) in [5.74, 6) is 0.668. The molecule has 0 aliphatic heterocycles. The van der Waals surface area contributed by atoms with E-state index in [1.807, 2.05) is 12.3 Å². The van der Waals surface area contributed by atoms with Gasteiger partial charge in [0, 0.05) is 25.2 Å². The molecule has 0 spiro atoms. The van der Waals surface area contributed by atoms with Gasteiger partial charge in [-0.15, -0.1) is 11.6 Å². The molecule has 1 heterocycles. The van der Waals surface area contributed by atoms with Crippen molar-refractivity contribution in [3.63, 3.8) is 0 Å². The predicted molar refractivity (Wildman–Crippen MR) is 65.2 cm³/mol. The fraction of sp³-hybridized carbons (Fsp3) is 0.583. The number of nitrogens with zero attached hydrogens (tertiary/aromatic N) is 1. The van der Waals surface area contributed by atoms with Gasteiger partial charge in [-0.1, -0.05) is 19.9 Å². The minimum absolute atomic E-state index is 0.143. The third kappa shape index (κ3) is 4.18. The van der Waals surface area contributed by atoms with Gasteiger partial charge in [0.2, 0.25) is 0 Å². The lowest BCUT2D eigenvalue weighted by Gasteiger charge is -2.21. The van der Waals surface area contributed by atoms with Crippen LogP contribution in [0.2, 0.25) is 0 Å². The van der Waals surface area contributed by atoms with Gasteiger partial charge in [-0.25, -0.2) is 0 Å². The Balaban J connectivity index is 2.42. The van der Waals surface area contributed by atoms with Crippen LogP contribution < -0.4 is 5.32 Å². The van der Waals surface area contributed by atoms with Crippen molar-refractivity contribution in [1.82, 2.24) is 10.3 Å². The fourth-order valence-electron chi connectivity index (χ4n) is 1.27. The molecule has 1 aromatic rings. The Morgan fingerprint density at radius 1 is 1.47 bits per heavy atom. The van der Waals surface area contributed by atoms with Gasteiger partial charge < -0.3 is 5.32 Å². The summed E-state index contributed by atoms with van der Waals surface area (Å²) in [7, 11) is 0. The molecule has 3 heteroatoms. The van der Waals surface area contributed by atoms with Crippen molar-refractivity contribution in [2.75, 3.05) is 12.4 Å². The van der Waals surface area contributed by atoms with Gasteiger partial charge in [0.25, 0.3) is 0 Å². The lowest BCUT2D eigenvalue weighted by Crippen LogP contribution is -2.30. The first-order valence-electron chi connectivity index (χ1n) is 5.22. The highest BCUT2D eigenvalue weighted by molar-refractivity contribution is 6.18. The molecule has 0 fully saturated rings. The van der Waals surface area contributed by atoms with Gasteiger partial charge in [-0.2, -0.15) is 0 Å². The molecular formula is C12H19ClN2. The second-order valence-electron chi connectivity index (χ2n) is 4.67. The average Bonchev–Trinajstić information content (AvgIpc) is 2.21. The molecule has 1 rings (SSSR count). The first kappa shape index (κ1) is 12.5. The van der Waals surface area contributed by atoms with Gasteiger partial charge in [-0.05, 0) is 24.0 Å². The van der Waals surface area contributed by atoms with E-state index in [4.69, 9.17) is 11.6 Å². The maximum absolute atomic E-state index is 5.85. The first-order valence-corrected chi connectivity index (χ1v) is 5.76. The van der Waals surface area contributed by atoms with Crippen LogP contribution in [-0.4, -0.2) is 17.4 Å². The summed E-state index contributed by atoms with van der Waals surface area (Å²) in [4.78, 5) is 4.33. The summed E-state index contributed by atoms with van der Waals surface area (Å²) in [6, 6.07) is 4.04. The third-order valence-electron chi connectivity index (χ3n) is 2.38. The third-order valence-corrected chi connectivity index (χ3v) is 3.10. The summed E-state index contributed by atoms with van der Waals surface area (Å²) in [5, 5.41) is 3.39. The number of aromatic nitrogens is 1. The van der Waals surface area contributed by atoms with Crippen molar-refractivity contribution in [1.29, 1.82) is 0 Å². The number of aryl methyl sites for hydroxylation is 1. The van der Waals surface area contributed by atoms with Crippen LogP contribution in [0.25, 0.3) is 0 Å². The molecule has 0 aliphatic rings.